The van der Waals surface area contributed by atoms with E-state index >= 15 is 4.39 Å². The average molecular weight is 437 g/mol. The molecule has 0 bridgehead atoms. The number of cyclic esters (lactones) is 1. The van der Waals surface area contributed by atoms with Crippen molar-refractivity contribution < 1.29 is 13.9 Å². The average Bonchev–Trinajstić information content (AvgIpc) is 3.18. The van der Waals surface area contributed by atoms with Gasteiger partial charge in [0.15, 0.2) is 5.16 Å². The SMILES string of the molecule is O=C1O[C@H](CSc2ncccn2)CN1c1ccc(N2CCc3ccccc3C2)c(F)c1. The molecule has 3 heterocycles. The summed E-state index contributed by atoms with van der Waals surface area (Å²) in [6.45, 7) is 1.81. The Kier molecular flexibility index (Phi) is 5.46. The highest BCUT2D eigenvalue weighted by Gasteiger charge is 2.33. The van der Waals surface area contributed by atoms with Gasteiger partial charge in [0.25, 0.3) is 0 Å². The van der Waals surface area contributed by atoms with Gasteiger partial charge in [0, 0.05) is 31.2 Å². The molecule has 1 aromatic heterocycles. The van der Waals surface area contributed by atoms with Gasteiger partial charge < -0.3 is 9.64 Å². The second-order valence-electron chi connectivity index (χ2n) is 7.53. The van der Waals surface area contributed by atoms with Crippen LogP contribution in [0.1, 0.15) is 11.1 Å². The van der Waals surface area contributed by atoms with Crippen LogP contribution in [0.15, 0.2) is 66.1 Å². The fraction of sp³-hybridized carbons (Fsp3) is 0.261. The monoisotopic (exact) mass is 436 g/mol. The van der Waals surface area contributed by atoms with Crippen LogP contribution in [0.2, 0.25) is 0 Å². The van der Waals surface area contributed by atoms with Crippen LogP contribution in [0.25, 0.3) is 0 Å². The van der Waals surface area contributed by atoms with E-state index in [9.17, 15) is 4.79 Å². The maximum absolute atomic E-state index is 15.0. The van der Waals surface area contributed by atoms with Crippen molar-refractivity contribution in [3.63, 3.8) is 0 Å². The first-order valence-electron chi connectivity index (χ1n) is 10.2. The summed E-state index contributed by atoms with van der Waals surface area (Å²) in [5, 5.41) is 0.635. The molecule has 0 spiro atoms. The molecule has 1 fully saturated rings. The topological polar surface area (TPSA) is 58.6 Å². The molecular weight excluding hydrogens is 415 g/mol. The summed E-state index contributed by atoms with van der Waals surface area (Å²) in [5.41, 5.74) is 3.61. The van der Waals surface area contributed by atoms with Gasteiger partial charge in [-0.25, -0.2) is 19.2 Å². The van der Waals surface area contributed by atoms with E-state index in [2.05, 4.69) is 22.1 Å². The van der Waals surface area contributed by atoms with E-state index in [0.717, 1.165) is 13.0 Å². The molecule has 158 valence electrons. The molecule has 2 aliphatic rings. The Morgan fingerprint density at radius 1 is 1.10 bits per heavy atom. The van der Waals surface area contributed by atoms with Gasteiger partial charge in [0.2, 0.25) is 0 Å². The number of nitrogens with zero attached hydrogens (tertiary/aromatic N) is 4. The molecule has 1 atom stereocenters. The Balaban J connectivity index is 1.26. The first-order valence-corrected chi connectivity index (χ1v) is 11.2. The Bertz CT molecular complexity index is 1100. The largest absolute Gasteiger partial charge is 0.443 e. The van der Waals surface area contributed by atoms with Crippen molar-refractivity contribution in [1.82, 2.24) is 9.97 Å². The standard InChI is InChI=1S/C23H21FN4O2S/c24-20-12-18(6-7-21(20)27-11-8-16-4-1-2-5-17(16)13-27)28-14-19(30-23(28)29)15-31-22-25-9-3-10-26-22/h1-7,9-10,12,19H,8,11,13-15H2/t19-/m0/s1. The Morgan fingerprint density at radius 3 is 2.71 bits per heavy atom. The summed E-state index contributed by atoms with van der Waals surface area (Å²) in [4.78, 5) is 24.2. The smallest absolute Gasteiger partial charge is 0.414 e. The van der Waals surface area contributed by atoms with Gasteiger partial charge in [-0.1, -0.05) is 36.0 Å². The fourth-order valence-corrected chi connectivity index (χ4v) is 4.75. The molecule has 0 aliphatic carbocycles. The van der Waals surface area contributed by atoms with Crippen molar-refractivity contribution in [2.75, 3.05) is 28.6 Å². The van der Waals surface area contributed by atoms with Crippen molar-refractivity contribution in [2.24, 2.45) is 0 Å². The zero-order valence-electron chi connectivity index (χ0n) is 16.8. The molecule has 3 aromatic rings. The van der Waals surface area contributed by atoms with Gasteiger partial charge in [-0.3, -0.25) is 4.90 Å². The number of thioether (sulfide) groups is 1. The minimum Gasteiger partial charge on any atom is -0.443 e. The number of halogens is 1. The van der Waals surface area contributed by atoms with E-state index in [1.807, 2.05) is 17.0 Å². The van der Waals surface area contributed by atoms with Crippen molar-refractivity contribution in [1.29, 1.82) is 0 Å². The van der Waals surface area contributed by atoms with Crippen LogP contribution in [0.4, 0.5) is 20.6 Å². The maximum atomic E-state index is 15.0. The Hall–Kier alpha value is -3.13. The molecule has 0 radical (unpaired) electrons. The fourth-order valence-electron chi connectivity index (χ4n) is 3.97. The first-order chi connectivity index (χ1) is 15.2. The lowest BCUT2D eigenvalue weighted by Gasteiger charge is -2.31. The van der Waals surface area contributed by atoms with Crippen LogP contribution < -0.4 is 9.80 Å². The summed E-state index contributed by atoms with van der Waals surface area (Å²) < 4.78 is 20.5. The third-order valence-electron chi connectivity index (χ3n) is 5.53. The number of anilines is 2. The van der Waals surface area contributed by atoms with Crippen molar-refractivity contribution in [3.05, 3.63) is 77.9 Å². The molecule has 0 unspecified atom stereocenters. The number of benzene rings is 2. The zero-order valence-corrected chi connectivity index (χ0v) is 17.6. The summed E-state index contributed by atoms with van der Waals surface area (Å²) in [6, 6.07) is 15.0. The highest BCUT2D eigenvalue weighted by atomic mass is 32.2. The normalized spacial score (nSPS) is 18.1. The molecule has 2 aliphatic heterocycles. The third kappa shape index (κ3) is 4.20. The molecule has 31 heavy (non-hydrogen) atoms. The van der Waals surface area contributed by atoms with Gasteiger partial charge in [-0.2, -0.15) is 0 Å². The summed E-state index contributed by atoms with van der Waals surface area (Å²) >= 11 is 1.43. The predicted octanol–water partition coefficient (Wildman–Crippen LogP) is 4.30. The van der Waals surface area contributed by atoms with E-state index in [1.165, 1.54) is 33.9 Å². The molecule has 1 saturated heterocycles. The molecule has 8 heteroatoms. The molecule has 1 amide bonds. The molecule has 6 nitrogen and oxygen atoms in total. The summed E-state index contributed by atoms with van der Waals surface area (Å²) in [6.07, 6.45) is 3.47. The molecular formula is C23H21FN4O2S. The quantitative estimate of drug-likeness (QED) is 0.439. The van der Waals surface area contributed by atoms with E-state index in [1.54, 1.807) is 30.6 Å². The number of carbonyl (C=O) groups is 1. The van der Waals surface area contributed by atoms with Gasteiger partial charge in [0.1, 0.15) is 11.9 Å². The van der Waals surface area contributed by atoms with Gasteiger partial charge in [-0.15, -0.1) is 0 Å². The molecule has 5 rings (SSSR count). The van der Waals surface area contributed by atoms with Crippen LogP contribution in [0.3, 0.4) is 0 Å². The van der Waals surface area contributed by atoms with Gasteiger partial charge >= 0.3 is 6.09 Å². The molecule has 0 N–H and O–H groups in total. The van der Waals surface area contributed by atoms with Crippen LogP contribution >= 0.6 is 11.8 Å². The number of ether oxygens (including phenoxy) is 1. The highest BCUT2D eigenvalue weighted by Crippen LogP contribution is 2.31. The maximum Gasteiger partial charge on any atom is 0.414 e. The lowest BCUT2D eigenvalue weighted by atomic mass is 9.99. The summed E-state index contributed by atoms with van der Waals surface area (Å²) in [7, 11) is 0. The van der Waals surface area contributed by atoms with E-state index in [-0.39, 0.29) is 11.9 Å². The van der Waals surface area contributed by atoms with Gasteiger partial charge in [-0.05, 0) is 41.8 Å². The number of hydrogen-bond acceptors (Lipinski definition) is 6. The van der Waals surface area contributed by atoms with Crippen LogP contribution in [0, 0.1) is 5.82 Å². The number of carbonyl (C=O) groups excluding carboxylic acids is 1. The number of aromatic nitrogens is 2. The van der Waals surface area contributed by atoms with E-state index in [0.29, 0.717) is 35.4 Å². The molecule has 0 saturated carbocycles. The van der Waals surface area contributed by atoms with E-state index < -0.39 is 6.09 Å². The van der Waals surface area contributed by atoms with Crippen molar-refractivity contribution in [3.8, 4) is 0 Å². The lowest BCUT2D eigenvalue weighted by Crippen LogP contribution is -2.31. The van der Waals surface area contributed by atoms with Crippen LogP contribution in [-0.4, -0.2) is 41.0 Å². The third-order valence-corrected chi connectivity index (χ3v) is 6.54. The van der Waals surface area contributed by atoms with E-state index in [4.69, 9.17) is 4.74 Å². The first kappa shape index (κ1) is 19.8. The number of amides is 1. The minimum absolute atomic E-state index is 0.303. The second-order valence-corrected chi connectivity index (χ2v) is 8.52. The van der Waals surface area contributed by atoms with Crippen LogP contribution in [-0.2, 0) is 17.7 Å². The lowest BCUT2D eigenvalue weighted by molar-refractivity contribution is 0.151. The Morgan fingerprint density at radius 2 is 1.90 bits per heavy atom. The predicted molar refractivity (Wildman–Crippen MR) is 118 cm³/mol. The summed E-state index contributed by atoms with van der Waals surface area (Å²) in [5.74, 6) is 0.209. The minimum atomic E-state index is -0.460. The number of fused-ring (bicyclic) bond motifs is 1. The molecule has 2 aromatic carbocycles. The van der Waals surface area contributed by atoms with Crippen molar-refractivity contribution >= 4 is 29.2 Å². The van der Waals surface area contributed by atoms with Gasteiger partial charge in [0.05, 0.1) is 17.9 Å². The number of rotatable bonds is 5. The highest BCUT2D eigenvalue weighted by molar-refractivity contribution is 7.99. The second kappa shape index (κ2) is 8.55. The Labute approximate surface area is 184 Å². The van der Waals surface area contributed by atoms with Crippen molar-refractivity contribution in [2.45, 2.75) is 24.2 Å². The zero-order chi connectivity index (χ0) is 21.2. The number of hydrogen-bond donors (Lipinski definition) is 0. The van der Waals surface area contributed by atoms with Crippen LogP contribution in [0.5, 0.6) is 0 Å².